The maximum Gasteiger partial charge on any atom is 0.224 e. The first-order chi connectivity index (χ1) is 9.78. The van der Waals surface area contributed by atoms with Gasteiger partial charge in [-0.15, -0.1) is 0 Å². The van der Waals surface area contributed by atoms with Crippen LogP contribution in [0.4, 0.5) is 5.82 Å². The van der Waals surface area contributed by atoms with E-state index in [0.29, 0.717) is 6.04 Å². The summed E-state index contributed by atoms with van der Waals surface area (Å²) in [5.41, 5.74) is 1.21. The summed E-state index contributed by atoms with van der Waals surface area (Å²) in [5, 5.41) is 6.20. The standard InChI is InChI=1S/C15H22N4O/c1-2-16-14-6-5-11(8-17-14)10-19-7-3-4-12-13(19)9-18-15(12)20/h5-6,8,12-13H,2-4,7,9-10H2,1H3,(H,16,17)(H,18,20). The zero-order valence-electron chi connectivity index (χ0n) is 11.9. The molecule has 0 aliphatic carbocycles. The van der Waals surface area contributed by atoms with Gasteiger partial charge in [-0.2, -0.15) is 0 Å². The predicted octanol–water partition coefficient (Wildman–Crippen LogP) is 1.22. The predicted molar refractivity (Wildman–Crippen MR) is 78.3 cm³/mol. The van der Waals surface area contributed by atoms with E-state index in [4.69, 9.17) is 0 Å². The molecule has 2 aliphatic heterocycles. The molecule has 5 heteroatoms. The van der Waals surface area contributed by atoms with Gasteiger partial charge in [0.25, 0.3) is 0 Å². The highest BCUT2D eigenvalue weighted by molar-refractivity contribution is 5.82. The van der Waals surface area contributed by atoms with Crippen LogP contribution in [0.2, 0.25) is 0 Å². The second kappa shape index (κ2) is 5.79. The van der Waals surface area contributed by atoms with Gasteiger partial charge in [-0.05, 0) is 37.9 Å². The van der Waals surface area contributed by atoms with E-state index in [1.165, 1.54) is 5.56 Å². The van der Waals surface area contributed by atoms with Crippen molar-refractivity contribution in [1.29, 1.82) is 0 Å². The van der Waals surface area contributed by atoms with Crippen LogP contribution in [-0.4, -0.2) is 41.5 Å². The lowest BCUT2D eigenvalue weighted by atomic mass is 9.91. The maximum atomic E-state index is 11.8. The summed E-state index contributed by atoms with van der Waals surface area (Å²) in [7, 11) is 0. The van der Waals surface area contributed by atoms with Crippen LogP contribution in [0.25, 0.3) is 0 Å². The normalized spacial score (nSPS) is 26.1. The molecule has 5 nitrogen and oxygen atoms in total. The fourth-order valence-electron chi connectivity index (χ4n) is 3.27. The van der Waals surface area contributed by atoms with E-state index < -0.39 is 0 Å². The highest BCUT2D eigenvalue weighted by Crippen LogP contribution is 2.28. The smallest absolute Gasteiger partial charge is 0.224 e. The molecule has 2 fully saturated rings. The van der Waals surface area contributed by atoms with Crippen molar-refractivity contribution >= 4 is 11.7 Å². The van der Waals surface area contributed by atoms with Gasteiger partial charge in [0.15, 0.2) is 0 Å². The summed E-state index contributed by atoms with van der Waals surface area (Å²) in [6.07, 6.45) is 4.08. The Morgan fingerprint density at radius 2 is 2.40 bits per heavy atom. The van der Waals surface area contributed by atoms with Crippen molar-refractivity contribution in [1.82, 2.24) is 15.2 Å². The summed E-state index contributed by atoms with van der Waals surface area (Å²) in [6, 6.07) is 4.52. The van der Waals surface area contributed by atoms with Crippen LogP contribution >= 0.6 is 0 Å². The molecule has 3 rings (SSSR count). The van der Waals surface area contributed by atoms with Gasteiger partial charge in [0.1, 0.15) is 5.82 Å². The number of aromatic nitrogens is 1. The van der Waals surface area contributed by atoms with Gasteiger partial charge in [0.2, 0.25) is 5.91 Å². The maximum absolute atomic E-state index is 11.8. The van der Waals surface area contributed by atoms with Crippen LogP contribution < -0.4 is 10.6 Å². The molecule has 2 saturated heterocycles. The summed E-state index contributed by atoms with van der Waals surface area (Å²) in [6.45, 7) is 5.70. The van der Waals surface area contributed by atoms with E-state index in [2.05, 4.69) is 33.5 Å². The number of hydrogen-bond donors (Lipinski definition) is 2. The number of fused-ring (bicyclic) bond motifs is 1. The van der Waals surface area contributed by atoms with Crippen LogP contribution in [0.5, 0.6) is 0 Å². The summed E-state index contributed by atoms with van der Waals surface area (Å²) >= 11 is 0. The minimum atomic E-state index is 0.192. The molecule has 2 aliphatic rings. The third kappa shape index (κ3) is 2.63. The first-order valence-corrected chi connectivity index (χ1v) is 7.48. The molecule has 2 N–H and O–H groups in total. The van der Waals surface area contributed by atoms with Gasteiger partial charge in [-0.3, -0.25) is 9.69 Å². The van der Waals surface area contributed by atoms with Gasteiger partial charge in [-0.1, -0.05) is 6.07 Å². The number of carbonyl (C=O) groups is 1. The second-order valence-electron chi connectivity index (χ2n) is 5.61. The Bertz CT molecular complexity index is 473. The van der Waals surface area contributed by atoms with Gasteiger partial charge < -0.3 is 10.6 Å². The number of likely N-dealkylation sites (tertiary alicyclic amines) is 1. The Morgan fingerprint density at radius 1 is 1.50 bits per heavy atom. The molecule has 108 valence electrons. The fraction of sp³-hybridized carbons (Fsp3) is 0.600. The van der Waals surface area contributed by atoms with Crippen LogP contribution in [0.15, 0.2) is 18.3 Å². The van der Waals surface area contributed by atoms with Gasteiger partial charge in [-0.25, -0.2) is 4.98 Å². The monoisotopic (exact) mass is 274 g/mol. The number of nitrogens with one attached hydrogen (secondary N) is 2. The summed E-state index contributed by atoms with van der Waals surface area (Å²) < 4.78 is 0. The minimum absolute atomic E-state index is 0.192. The largest absolute Gasteiger partial charge is 0.370 e. The van der Waals surface area contributed by atoms with Gasteiger partial charge in [0.05, 0.1) is 5.92 Å². The Labute approximate surface area is 119 Å². The molecule has 2 unspecified atom stereocenters. The summed E-state index contributed by atoms with van der Waals surface area (Å²) in [5.74, 6) is 1.35. The Balaban J connectivity index is 1.66. The molecule has 3 heterocycles. The van der Waals surface area contributed by atoms with Crippen molar-refractivity contribution in [2.75, 3.05) is 25.0 Å². The first-order valence-electron chi connectivity index (χ1n) is 7.48. The number of piperidine rings is 1. The van der Waals surface area contributed by atoms with E-state index in [1.54, 1.807) is 0 Å². The minimum Gasteiger partial charge on any atom is -0.370 e. The van der Waals surface area contributed by atoms with E-state index in [0.717, 1.165) is 44.8 Å². The fourth-order valence-corrected chi connectivity index (χ4v) is 3.27. The number of carbonyl (C=O) groups excluding carboxylic acids is 1. The molecule has 2 atom stereocenters. The van der Waals surface area contributed by atoms with Crippen molar-refractivity contribution in [3.8, 4) is 0 Å². The number of pyridine rings is 1. The zero-order valence-corrected chi connectivity index (χ0v) is 11.9. The molecule has 0 bridgehead atoms. The Morgan fingerprint density at radius 3 is 3.15 bits per heavy atom. The molecule has 0 saturated carbocycles. The van der Waals surface area contributed by atoms with Gasteiger partial charge >= 0.3 is 0 Å². The summed E-state index contributed by atoms with van der Waals surface area (Å²) in [4.78, 5) is 18.6. The van der Waals surface area contributed by atoms with Crippen molar-refractivity contribution in [2.24, 2.45) is 5.92 Å². The molecule has 1 aromatic rings. The van der Waals surface area contributed by atoms with Crippen LogP contribution in [0, 0.1) is 5.92 Å². The third-order valence-corrected chi connectivity index (χ3v) is 4.28. The molecule has 1 amide bonds. The van der Waals surface area contributed by atoms with Crippen molar-refractivity contribution < 1.29 is 4.79 Å². The van der Waals surface area contributed by atoms with Crippen LogP contribution in [0.3, 0.4) is 0 Å². The highest BCUT2D eigenvalue weighted by atomic mass is 16.2. The van der Waals surface area contributed by atoms with E-state index in [9.17, 15) is 4.79 Å². The topological polar surface area (TPSA) is 57.3 Å². The van der Waals surface area contributed by atoms with E-state index in [-0.39, 0.29) is 11.8 Å². The number of rotatable bonds is 4. The number of amides is 1. The van der Waals surface area contributed by atoms with Crippen molar-refractivity contribution in [2.45, 2.75) is 32.4 Å². The van der Waals surface area contributed by atoms with Crippen molar-refractivity contribution in [3.63, 3.8) is 0 Å². The quantitative estimate of drug-likeness (QED) is 0.867. The van der Waals surface area contributed by atoms with Crippen LogP contribution in [-0.2, 0) is 11.3 Å². The molecule has 0 radical (unpaired) electrons. The lowest BCUT2D eigenvalue weighted by molar-refractivity contribution is -0.124. The third-order valence-electron chi connectivity index (χ3n) is 4.28. The molecular formula is C15H22N4O. The zero-order chi connectivity index (χ0) is 13.9. The highest BCUT2D eigenvalue weighted by Gasteiger charge is 2.40. The SMILES string of the molecule is CCNc1ccc(CN2CCCC3C(=O)NCC32)cn1. The van der Waals surface area contributed by atoms with Crippen LogP contribution in [0.1, 0.15) is 25.3 Å². The average molecular weight is 274 g/mol. The van der Waals surface area contributed by atoms with Crippen molar-refractivity contribution in [3.05, 3.63) is 23.9 Å². The first kappa shape index (κ1) is 13.4. The molecule has 1 aromatic heterocycles. The molecule has 20 heavy (non-hydrogen) atoms. The van der Waals surface area contributed by atoms with Gasteiger partial charge in [0, 0.05) is 31.9 Å². The lowest BCUT2D eigenvalue weighted by Crippen LogP contribution is -2.44. The molecular weight excluding hydrogens is 252 g/mol. The molecule has 0 aromatic carbocycles. The number of anilines is 1. The number of hydrogen-bond acceptors (Lipinski definition) is 4. The second-order valence-corrected chi connectivity index (χ2v) is 5.61. The van der Waals surface area contributed by atoms with E-state index >= 15 is 0 Å². The number of nitrogens with zero attached hydrogens (tertiary/aromatic N) is 2. The van der Waals surface area contributed by atoms with E-state index in [1.807, 2.05) is 12.3 Å². The molecule has 0 spiro atoms. The lowest BCUT2D eigenvalue weighted by Gasteiger charge is -2.35. The Kier molecular flexibility index (Phi) is 3.87. The average Bonchev–Trinajstić information content (AvgIpc) is 2.84. The Hall–Kier alpha value is -1.62.